The van der Waals surface area contributed by atoms with E-state index in [1.807, 2.05) is 56.3 Å². The molecule has 3 aromatic rings. The van der Waals surface area contributed by atoms with Gasteiger partial charge < -0.3 is 5.32 Å². The largest absolute Gasteiger partial charge is 0.325 e. The van der Waals surface area contributed by atoms with Crippen molar-refractivity contribution in [2.24, 2.45) is 0 Å². The molecule has 0 spiro atoms. The average molecular weight is 557 g/mol. The number of para-hydroxylation sites is 1. The second-order valence-corrected chi connectivity index (χ2v) is 12.0. The third-order valence-electron chi connectivity index (χ3n) is 6.50. The fourth-order valence-corrected chi connectivity index (χ4v) is 7.99. The average Bonchev–Trinajstić information content (AvgIpc) is 3.19. The van der Waals surface area contributed by atoms with Gasteiger partial charge in [0.05, 0.1) is 17.0 Å². The number of aryl methyl sites for hydroxylation is 2. The number of benzene rings is 2. The van der Waals surface area contributed by atoms with Gasteiger partial charge in [0.1, 0.15) is 5.03 Å². The molecule has 34 heavy (non-hydrogen) atoms. The molecule has 2 aromatic carbocycles. The zero-order chi connectivity index (χ0) is 23.8. The van der Waals surface area contributed by atoms with Gasteiger partial charge in [0.25, 0.3) is 5.56 Å². The second-order valence-electron chi connectivity index (χ2n) is 8.89. The van der Waals surface area contributed by atoms with Crippen LogP contribution in [-0.4, -0.2) is 26.5 Å². The molecule has 1 saturated carbocycles. The number of thioether (sulfide) groups is 2. The van der Waals surface area contributed by atoms with Gasteiger partial charge in [-0.05, 0) is 62.1 Å². The molecule has 8 heteroatoms. The SMILES string of the molecule is Cc1cc(Br)cc(C)c1NC(=O)CSc1nc2c(c(=O)n1-c1ccccc1)C1CCCCC1S2. The zero-order valence-electron chi connectivity index (χ0n) is 19.1. The molecule has 5 nitrogen and oxygen atoms in total. The first kappa shape index (κ1) is 23.7. The lowest BCUT2D eigenvalue weighted by atomic mass is 9.85. The summed E-state index contributed by atoms with van der Waals surface area (Å²) in [6.07, 6.45) is 4.56. The summed E-state index contributed by atoms with van der Waals surface area (Å²) < 4.78 is 2.69. The fraction of sp³-hybridized carbons (Fsp3) is 0.346. The van der Waals surface area contributed by atoms with Gasteiger partial charge in [-0.2, -0.15) is 0 Å². The molecule has 2 heterocycles. The molecule has 5 rings (SSSR count). The molecule has 176 valence electrons. The number of nitrogens with one attached hydrogen (secondary N) is 1. The summed E-state index contributed by atoms with van der Waals surface area (Å²) in [6.45, 7) is 3.96. The van der Waals surface area contributed by atoms with Gasteiger partial charge in [-0.15, -0.1) is 11.8 Å². The molecule has 2 unspecified atom stereocenters. The lowest BCUT2D eigenvalue weighted by Crippen LogP contribution is -2.29. The first-order valence-electron chi connectivity index (χ1n) is 11.5. The first-order chi connectivity index (χ1) is 16.4. The summed E-state index contributed by atoms with van der Waals surface area (Å²) in [6, 6.07) is 13.6. The zero-order valence-corrected chi connectivity index (χ0v) is 22.4. The minimum Gasteiger partial charge on any atom is -0.325 e. The minimum absolute atomic E-state index is 0.0145. The van der Waals surface area contributed by atoms with Crippen LogP contribution in [-0.2, 0) is 4.79 Å². The lowest BCUT2D eigenvalue weighted by molar-refractivity contribution is -0.113. The van der Waals surface area contributed by atoms with E-state index in [1.165, 1.54) is 18.2 Å². The quantitative estimate of drug-likeness (QED) is 0.222. The van der Waals surface area contributed by atoms with Crippen molar-refractivity contribution < 1.29 is 4.79 Å². The summed E-state index contributed by atoms with van der Waals surface area (Å²) >= 11 is 6.57. The molecule has 1 amide bonds. The smallest absolute Gasteiger partial charge is 0.263 e. The summed E-state index contributed by atoms with van der Waals surface area (Å²) in [4.78, 5) is 31.6. The van der Waals surface area contributed by atoms with Gasteiger partial charge >= 0.3 is 0 Å². The van der Waals surface area contributed by atoms with Crippen LogP contribution < -0.4 is 10.9 Å². The minimum atomic E-state index is -0.116. The molecule has 1 aliphatic heterocycles. The highest BCUT2D eigenvalue weighted by molar-refractivity contribution is 9.10. The number of halogens is 1. The van der Waals surface area contributed by atoms with Gasteiger partial charge in [-0.25, -0.2) is 4.98 Å². The Hall–Kier alpha value is -2.03. The molecule has 0 radical (unpaired) electrons. The number of nitrogens with zero attached hydrogens (tertiary/aromatic N) is 2. The van der Waals surface area contributed by atoms with Gasteiger partial charge in [0, 0.05) is 21.3 Å². The number of anilines is 1. The van der Waals surface area contributed by atoms with Crippen molar-refractivity contribution in [2.75, 3.05) is 11.1 Å². The molecule has 1 aromatic heterocycles. The van der Waals surface area contributed by atoms with Crippen LogP contribution in [0.4, 0.5) is 5.69 Å². The molecule has 1 N–H and O–H groups in total. The van der Waals surface area contributed by atoms with Crippen LogP contribution in [0.15, 0.2) is 61.9 Å². The highest BCUT2D eigenvalue weighted by Gasteiger charge is 2.39. The summed E-state index contributed by atoms with van der Waals surface area (Å²) in [5, 5.41) is 4.91. The predicted molar refractivity (Wildman–Crippen MR) is 144 cm³/mol. The van der Waals surface area contributed by atoms with Crippen molar-refractivity contribution in [3.8, 4) is 5.69 Å². The topological polar surface area (TPSA) is 64.0 Å². The van der Waals surface area contributed by atoms with Crippen LogP contribution >= 0.6 is 39.5 Å². The Morgan fingerprint density at radius 1 is 1.18 bits per heavy atom. The molecule has 2 aliphatic rings. The normalized spacial score (nSPS) is 18.9. The highest BCUT2D eigenvalue weighted by atomic mass is 79.9. The fourth-order valence-electron chi connectivity index (χ4n) is 4.93. The van der Waals surface area contributed by atoms with Crippen molar-refractivity contribution in [3.05, 3.63) is 74.0 Å². The molecule has 2 atom stereocenters. The van der Waals surface area contributed by atoms with Gasteiger partial charge in [0.15, 0.2) is 5.16 Å². The van der Waals surface area contributed by atoms with E-state index in [9.17, 15) is 9.59 Å². The van der Waals surface area contributed by atoms with Gasteiger partial charge in [0.2, 0.25) is 5.91 Å². The number of rotatable bonds is 5. The van der Waals surface area contributed by atoms with E-state index in [1.54, 1.807) is 16.3 Å². The molecular formula is C26H26BrN3O2S2. The highest BCUT2D eigenvalue weighted by Crippen LogP contribution is 2.50. The van der Waals surface area contributed by atoms with E-state index >= 15 is 0 Å². The van der Waals surface area contributed by atoms with Crippen LogP contribution in [0.5, 0.6) is 0 Å². The van der Waals surface area contributed by atoms with Gasteiger partial charge in [-0.3, -0.25) is 14.2 Å². The summed E-state index contributed by atoms with van der Waals surface area (Å²) in [7, 11) is 0. The second kappa shape index (κ2) is 9.91. The molecule has 1 aliphatic carbocycles. The van der Waals surface area contributed by atoms with Gasteiger partial charge in [-0.1, -0.05) is 58.7 Å². The number of hydrogen-bond acceptors (Lipinski definition) is 5. The van der Waals surface area contributed by atoms with E-state index in [4.69, 9.17) is 4.98 Å². The van der Waals surface area contributed by atoms with E-state index in [2.05, 4.69) is 21.2 Å². The molecular weight excluding hydrogens is 530 g/mol. The maximum atomic E-state index is 13.8. The number of carbonyl (C=O) groups is 1. The van der Waals surface area contributed by atoms with E-state index in [0.29, 0.717) is 10.4 Å². The number of fused-ring (bicyclic) bond motifs is 3. The van der Waals surface area contributed by atoms with E-state index < -0.39 is 0 Å². The van der Waals surface area contributed by atoms with E-state index in [0.717, 1.165) is 56.8 Å². The third-order valence-corrected chi connectivity index (χ3v) is 9.30. The van der Waals surface area contributed by atoms with Crippen molar-refractivity contribution in [2.45, 2.75) is 60.9 Å². The maximum absolute atomic E-state index is 13.8. The van der Waals surface area contributed by atoms with Crippen LogP contribution in [0, 0.1) is 13.8 Å². The standard InChI is InChI=1S/C26H26BrN3O2S2/c1-15-12-17(27)13-16(2)23(15)28-21(31)14-33-26-29-24-22(19-10-6-7-11-20(19)34-24)25(32)30(26)18-8-4-3-5-9-18/h3-5,8-9,12-13,19-20H,6-7,10-11,14H2,1-2H3,(H,28,31). The number of carbonyl (C=O) groups excluding carboxylic acids is 1. The van der Waals surface area contributed by atoms with E-state index in [-0.39, 0.29) is 23.1 Å². The van der Waals surface area contributed by atoms with Crippen molar-refractivity contribution in [3.63, 3.8) is 0 Å². The van der Waals surface area contributed by atoms with Crippen LogP contribution in [0.2, 0.25) is 0 Å². The molecule has 0 bridgehead atoms. The van der Waals surface area contributed by atoms with Crippen LogP contribution in [0.1, 0.15) is 48.3 Å². The number of hydrogen-bond donors (Lipinski definition) is 1. The summed E-state index contributed by atoms with van der Waals surface area (Å²) in [5.74, 6) is 0.341. The Balaban J connectivity index is 1.45. The monoisotopic (exact) mass is 555 g/mol. The van der Waals surface area contributed by atoms with Crippen molar-refractivity contribution in [1.82, 2.24) is 9.55 Å². The molecule has 0 saturated heterocycles. The van der Waals surface area contributed by atoms with Crippen LogP contribution in [0.3, 0.4) is 0 Å². The lowest BCUT2D eigenvalue weighted by Gasteiger charge is -2.24. The Morgan fingerprint density at radius 3 is 2.62 bits per heavy atom. The van der Waals surface area contributed by atoms with Crippen LogP contribution in [0.25, 0.3) is 5.69 Å². The first-order valence-corrected chi connectivity index (χ1v) is 14.2. The molecule has 1 fully saturated rings. The Bertz CT molecular complexity index is 1290. The number of aromatic nitrogens is 2. The number of amides is 1. The van der Waals surface area contributed by atoms with Crippen molar-refractivity contribution >= 4 is 51.0 Å². The summed E-state index contributed by atoms with van der Waals surface area (Å²) in [5.41, 5.74) is 4.50. The van der Waals surface area contributed by atoms with Crippen molar-refractivity contribution in [1.29, 1.82) is 0 Å². The maximum Gasteiger partial charge on any atom is 0.263 e. The third kappa shape index (κ3) is 4.60. The Morgan fingerprint density at radius 2 is 1.88 bits per heavy atom. The predicted octanol–water partition coefficient (Wildman–Crippen LogP) is 6.47. The Kier molecular flexibility index (Phi) is 6.91. The Labute approximate surface area is 216 Å².